The van der Waals surface area contributed by atoms with Gasteiger partial charge in [0.05, 0.1) is 10.00 Å². The molecule has 1 amide bonds. The van der Waals surface area contributed by atoms with Crippen molar-refractivity contribution in [2.45, 2.75) is 24.9 Å². The zero-order chi connectivity index (χ0) is 17.6. The number of hydrogen-bond acceptors (Lipinski definition) is 5. The van der Waals surface area contributed by atoms with E-state index in [9.17, 15) is 9.59 Å². The molecule has 1 aliphatic heterocycles. The second-order valence-corrected chi connectivity index (χ2v) is 8.97. The summed E-state index contributed by atoms with van der Waals surface area (Å²) >= 11 is 3.92. The van der Waals surface area contributed by atoms with Crippen LogP contribution in [0.1, 0.15) is 30.4 Å². The van der Waals surface area contributed by atoms with Gasteiger partial charge in [0.25, 0.3) is 5.91 Å². The van der Waals surface area contributed by atoms with Gasteiger partial charge in [-0.3, -0.25) is 9.59 Å². The van der Waals surface area contributed by atoms with Crippen molar-refractivity contribution >= 4 is 35.4 Å². The number of carbonyl (C=O) groups excluding carboxylic acids is 1. The molecule has 0 aromatic heterocycles. The molecule has 0 radical (unpaired) electrons. The molecule has 2 rings (SSSR count). The number of hydrogen-bond donors (Lipinski definition) is 2. The van der Waals surface area contributed by atoms with Gasteiger partial charge in [-0.15, -0.1) is 23.5 Å². The number of carboxylic acid groups (broad SMARTS) is 1. The van der Waals surface area contributed by atoms with Gasteiger partial charge < -0.3 is 15.2 Å². The van der Waals surface area contributed by atoms with Crippen molar-refractivity contribution in [3.05, 3.63) is 29.8 Å². The summed E-state index contributed by atoms with van der Waals surface area (Å²) in [6.45, 7) is 3.08. The molecule has 0 saturated carbocycles. The summed E-state index contributed by atoms with van der Waals surface area (Å²) < 4.78 is 5.94. The Morgan fingerprint density at radius 2 is 1.88 bits per heavy atom. The Balaban J connectivity index is 1.77. The molecule has 5 nitrogen and oxygen atoms in total. The van der Waals surface area contributed by atoms with Crippen LogP contribution in [0, 0.1) is 5.41 Å². The number of amides is 1. The van der Waals surface area contributed by atoms with Gasteiger partial charge in [0.2, 0.25) is 0 Å². The fourth-order valence-electron chi connectivity index (χ4n) is 2.00. The van der Waals surface area contributed by atoms with Gasteiger partial charge >= 0.3 is 5.97 Å². The standard InChI is InChI=1S/C17H23NO4S2/c1-17(2,16(20)21)11-18-14(19)10-22-13-6-4-12(5-7-13)15-23-8-3-9-24-15/h4-7,15H,3,8-11H2,1-2H3,(H,18,19)(H,20,21). The summed E-state index contributed by atoms with van der Waals surface area (Å²) in [4.78, 5) is 22.8. The number of carboxylic acids is 1. The van der Waals surface area contributed by atoms with Gasteiger partial charge in [-0.2, -0.15) is 0 Å². The average Bonchev–Trinajstić information content (AvgIpc) is 2.59. The second kappa shape index (κ2) is 8.67. The van der Waals surface area contributed by atoms with E-state index < -0.39 is 11.4 Å². The fraction of sp³-hybridized carbons (Fsp3) is 0.529. The Labute approximate surface area is 150 Å². The Morgan fingerprint density at radius 3 is 2.46 bits per heavy atom. The summed E-state index contributed by atoms with van der Waals surface area (Å²) in [7, 11) is 0. The first-order valence-electron chi connectivity index (χ1n) is 7.84. The maximum Gasteiger partial charge on any atom is 0.310 e. The molecule has 24 heavy (non-hydrogen) atoms. The van der Waals surface area contributed by atoms with Crippen LogP contribution in [-0.2, 0) is 9.59 Å². The highest BCUT2D eigenvalue weighted by atomic mass is 32.2. The SMILES string of the molecule is CC(C)(CNC(=O)COc1ccc(C2SCCCS2)cc1)C(=O)O. The van der Waals surface area contributed by atoms with Crippen LogP contribution in [0.5, 0.6) is 5.75 Å². The number of aliphatic carboxylic acids is 1. The normalized spacial score (nSPS) is 15.8. The molecule has 1 aromatic carbocycles. The van der Waals surface area contributed by atoms with Crippen molar-refractivity contribution in [2.75, 3.05) is 24.7 Å². The number of carbonyl (C=O) groups is 2. The smallest absolute Gasteiger partial charge is 0.310 e. The Morgan fingerprint density at radius 1 is 1.25 bits per heavy atom. The summed E-state index contributed by atoms with van der Waals surface area (Å²) in [5, 5.41) is 11.6. The minimum atomic E-state index is -0.993. The Kier molecular flexibility index (Phi) is 6.86. The minimum absolute atomic E-state index is 0.0690. The minimum Gasteiger partial charge on any atom is -0.484 e. The maximum absolute atomic E-state index is 11.8. The van der Waals surface area contributed by atoms with Crippen molar-refractivity contribution in [1.29, 1.82) is 0 Å². The van der Waals surface area contributed by atoms with Crippen molar-refractivity contribution in [2.24, 2.45) is 5.41 Å². The molecule has 1 saturated heterocycles. The van der Waals surface area contributed by atoms with Crippen molar-refractivity contribution in [3.8, 4) is 5.75 Å². The van der Waals surface area contributed by atoms with Crippen LogP contribution in [0.2, 0.25) is 0 Å². The number of rotatable bonds is 7. The monoisotopic (exact) mass is 369 g/mol. The van der Waals surface area contributed by atoms with E-state index in [1.807, 2.05) is 47.8 Å². The molecule has 132 valence electrons. The van der Waals surface area contributed by atoms with E-state index in [4.69, 9.17) is 9.84 Å². The highest BCUT2D eigenvalue weighted by molar-refractivity contribution is 8.16. The van der Waals surface area contributed by atoms with Crippen LogP contribution in [-0.4, -0.2) is 41.6 Å². The van der Waals surface area contributed by atoms with Crippen LogP contribution in [0.4, 0.5) is 0 Å². The topological polar surface area (TPSA) is 75.6 Å². The quantitative estimate of drug-likeness (QED) is 0.769. The molecule has 1 aliphatic rings. The number of benzene rings is 1. The maximum atomic E-state index is 11.8. The lowest BCUT2D eigenvalue weighted by atomic mass is 9.94. The van der Waals surface area contributed by atoms with Crippen molar-refractivity contribution in [3.63, 3.8) is 0 Å². The fourth-order valence-corrected chi connectivity index (χ4v) is 4.89. The number of thioether (sulfide) groups is 2. The van der Waals surface area contributed by atoms with Gasteiger partial charge in [0, 0.05) is 6.54 Å². The van der Waals surface area contributed by atoms with Crippen LogP contribution in [0.15, 0.2) is 24.3 Å². The molecular formula is C17H23NO4S2. The molecule has 0 bridgehead atoms. The predicted molar refractivity (Wildman–Crippen MR) is 98.6 cm³/mol. The van der Waals surface area contributed by atoms with Gasteiger partial charge in [-0.25, -0.2) is 0 Å². The molecule has 1 fully saturated rings. The lowest BCUT2D eigenvalue weighted by molar-refractivity contribution is -0.146. The zero-order valence-corrected chi connectivity index (χ0v) is 15.5. The second-order valence-electron chi connectivity index (χ2n) is 6.25. The Hall–Kier alpha value is -1.34. The molecule has 2 N–H and O–H groups in total. The van der Waals surface area contributed by atoms with E-state index in [-0.39, 0.29) is 19.1 Å². The molecule has 1 aromatic rings. The Bertz CT molecular complexity index is 568. The van der Waals surface area contributed by atoms with Crippen molar-refractivity contribution in [1.82, 2.24) is 5.32 Å². The largest absolute Gasteiger partial charge is 0.484 e. The van der Waals surface area contributed by atoms with E-state index in [2.05, 4.69) is 5.32 Å². The molecular weight excluding hydrogens is 346 g/mol. The van der Waals surface area contributed by atoms with E-state index in [0.717, 1.165) is 0 Å². The third kappa shape index (κ3) is 5.63. The van der Waals surface area contributed by atoms with Gasteiger partial charge in [0.15, 0.2) is 6.61 Å². The third-order valence-corrected chi connectivity index (χ3v) is 6.67. The van der Waals surface area contributed by atoms with Gasteiger partial charge in [0.1, 0.15) is 5.75 Å². The van der Waals surface area contributed by atoms with E-state index in [0.29, 0.717) is 10.3 Å². The van der Waals surface area contributed by atoms with E-state index in [1.54, 1.807) is 13.8 Å². The van der Waals surface area contributed by atoms with Gasteiger partial charge in [-0.1, -0.05) is 12.1 Å². The van der Waals surface area contributed by atoms with E-state index in [1.165, 1.54) is 23.5 Å². The highest BCUT2D eigenvalue weighted by Gasteiger charge is 2.27. The summed E-state index contributed by atoms with van der Waals surface area (Å²) in [5.41, 5.74) is 0.275. The first-order chi connectivity index (χ1) is 11.4. The van der Waals surface area contributed by atoms with Crippen LogP contribution >= 0.6 is 23.5 Å². The van der Waals surface area contributed by atoms with Crippen LogP contribution in [0.3, 0.4) is 0 Å². The molecule has 1 heterocycles. The molecule has 7 heteroatoms. The van der Waals surface area contributed by atoms with E-state index >= 15 is 0 Å². The predicted octanol–water partition coefficient (Wildman–Crippen LogP) is 3.16. The number of nitrogens with one attached hydrogen (secondary N) is 1. The van der Waals surface area contributed by atoms with Crippen LogP contribution < -0.4 is 10.1 Å². The van der Waals surface area contributed by atoms with Gasteiger partial charge in [-0.05, 0) is 49.5 Å². The highest BCUT2D eigenvalue weighted by Crippen LogP contribution is 2.43. The molecule has 0 spiro atoms. The summed E-state index contributed by atoms with van der Waals surface area (Å²) in [6.07, 6.45) is 1.26. The summed E-state index contributed by atoms with van der Waals surface area (Å²) in [6, 6.07) is 7.83. The molecule has 0 unspecified atom stereocenters. The first kappa shape index (κ1) is 19.0. The molecule has 0 aliphatic carbocycles. The molecule has 0 atom stereocenters. The number of ether oxygens (including phenoxy) is 1. The first-order valence-corrected chi connectivity index (χ1v) is 9.94. The van der Waals surface area contributed by atoms with Crippen molar-refractivity contribution < 1.29 is 19.4 Å². The average molecular weight is 370 g/mol. The zero-order valence-electron chi connectivity index (χ0n) is 13.9. The summed E-state index contributed by atoms with van der Waals surface area (Å²) in [5.74, 6) is 1.76. The lowest BCUT2D eigenvalue weighted by Crippen LogP contribution is -2.40. The third-order valence-electron chi connectivity index (χ3n) is 3.66. The lowest BCUT2D eigenvalue weighted by Gasteiger charge is -2.21. The van der Waals surface area contributed by atoms with Crippen LogP contribution in [0.25, 0.3) is 0 Å².